The molecule has 2 aromatic heterocycles. The van der Waals surface area contributed by atoms with Crippen LogP contribution in [0.15, 0.2) is 41.3 Å². The maximum Gasteiger partial charge on any atom is 0.252 e. The van der Waals surface area contributed by atoms with Crippen LogP contribution in [0.4, 0.5) is 17.3 Å². The number of pyridine rings is 1. The summed E-state index contributed by atoms with van der Waals surface area (Å²) in [4.78, 5) is 24.7. The van der Waals surface area contributed by atoms with E-state index in [4.69, 9.17) is 4.98 Å². The largest absolute Gasteiger partial charge is 0.369 e. The van der Waals surface area contributed by atoms with Crippen LogP contribution in [0, 0.1) is 0 Å². The first-order chi connectivity index (χ1) is 15.2. The van der Waals surface area contributed by atoms with Crippen LogP contribution in [0.2, 0.25) is 0 Å². The molecule has 2 N–H and O–H groups in total. The number of hydrogen-bond acceptors (Lipinski definition) is 6. The number of fused-ring (bicyclic) bond motifs is 1. The minimum Gasteiger partial charge on any atom is -0.369 e. The van der Waals surface area contributed by atoms with Crippen molar-refractivity contribution >= 4 is 28.4 Å². The van der Waals surface area contributed by atoms with Crippen molar-refractivity contribution < 1.29 is 0 Å². The summed E-state index contributed by atoms with van der Waals surface area (Å²) in [5.74, 6) is 0.529. The lowest BCUT2D eigenvalue weighted by Crippen LogP contribution is -2.43. The van der Waals surface area contributed by atoms with Crippen LogP contribution in [0.1, 0.15) is 44.2 Å². The zero-order valence-electron chi connectivity index (χ0n) is 18.1. The quantitative estimate of drug-likeness (QED) is 0.659. The normalized spacial score (nSPS) is 17.4. The number of rotatable bonds is 5. The van der Waals surface area contributed by atoms with Gasteiger partial charge in [-0.1, -0.05) is 19.8 Å². The van der Waals surface area contributed by atoms with Gasteiger partial charge in [0.2, 0.25) is 5.95 Å². The lowest BCUT2D eigenvalue weighted by Gasteiger charge is -2.29. The highest BCUT2D eigenvalue weighted by Gasteiger charge is 2.22. The van der Waals surface area contributed by atoms with Gasteiger partial charge in [-0.25, -0.2) is 4.98 Å². The smallest absolute Gasteiger partial charge is 0.252 e. The Morgan fingerprint density at radius 2 is 1.87 bits per heavy atom. The van der Waals surface area contributed by atoms with E-state index in [0.29, 0.717) is 5.95 Å². The van der Waals surface area contributed by atoms with Crippen molar-refractivity contribution in [2.24, 2.45) is 0 Å². The maximum absolute atomic E-state index is 12.9. The molecule has 2 aliphatic rings. The number of aryl methyl sites for hydroxylation is 1. The van der Waals surface area contributed by atoms with Gasteiger partial charge in [0.1, 0.15) is 5.65 Å². The monoisotopic (exact) mass is 418 g/mol. The van der Waals surface area contributed by atoms with Crippen molar-refractivity contribution in [2.45, 2.75) is 45.1 Å². The molecule has 1 saturated heterocycles. The molecule has 7 heteroatoms. The van der Waals surface area contributed by atoms with Crippen molar-refractivity contribution in [2.75, 3.05) is 36.4 Å². The van der Waals surface area contributed by atoms with Crippen molar-refractivity contribution in [3.8, 4) is 0 Å². The Balaban J connectivity index is 1.46. The van der Waals surface area contributed by atoms with E-state index in [0.717, 1.165) is 67.7 Å². The molecule has 1 aliphatic carbocycles. The number of anilines is 3. The third kappa shape index (κ3) is 4.02. The average Bonchev–Trinajstić information content (AvgIpc) is 3.34. The fourth-order valence-corrected chi connectivity index (χ4v) is 4.86. The van der Waals surface area contributed by atoms with Gasteiger partial charge < -0.3 is 15.5 Å². The second kappa shape index (κ2) is 8.67. The number of aromatic nitrogens is 3. The summed E-state index contributed by atoms with van der Waals surface area (Å²) in [7, 11) is 0. The van der Waals surface area contributed by atoms with Gasteiger partial charge >= 0.3 is 0 Å². The van der Waals surface area contributed by atoms with Crippen LogP contribution in [0.5, 0.6) is 0 Å². The third-order valence-electron chi connectivity index (χ3n) is 6.55. The van der Waals surface area contributed by atoms with Crippen LogP contribution in [0.3, 0.4) is 0 Å². The molecule has 0 atom stereocenters. The molecule has 0 radical (unpaired) electrons. The van der Waals surface area contributed by atoms with E-state index < -0.39 is 0 Å². The Kier molecular flexibility index (Phi) is 5.59. The second-order valence-electron chi connectivity index (χ2n) is 8.51. The highest BCUT2D eigenvalue weighted by Crippen LogP contribution is 2.31. The Hall–Kier alpha value is -2.93. The Labute approximate surface area is 182 Å². The molecule has 3 aromatic rings. The summed E-state index contributed by atoms with van der Waals surface area (Å²) in [5.41, 5.74) is 4.00. The van der Waals surface area contributed by atoms with Gasteiger partial charge in [-0.05, 0) is 49.1 Å². The Morgan fingerprint density at radius 1 is 1.13 bits per heavy atom. The van der Waals surface area contributed by atoms with Crippen LogP contribution in [0.25, 0.3) is 11.0 Å². The fourth-order valence-electron chi connectivity index (χ4n) is 4.86. The molecule has 162 valence electrons. The Morgan fingerprint density at radius 3 is 2.58 bits per heavy atom. The standard InChI is InChI=1S/C24H30N6O/c1-2-17-15-22(31)30(20-5-3-4-6-20)23-21(17)16-26-24(28-23)27-18-7-9-19(10-8-18)29-13-11-25-12-14-29/h7-10,15-16,20,25H,2-6,11-14H2,1H3,(H,26,27,28). The highest BCUT2D eigenvalue weighted by molar-refractivity contribution is 5.80. The van der Waals surface area contributed by atoms with Gasteiger partial charge in [0, 0.05) is 61.2 Å². The Bertz CT molecular complexity index is 1110. The molecule has 1 aliphatic heterocycles. The van der Waals surface area contributed by atoms with Gasteiger partial charge in [-0.2, -0.15) is 4.98 Å². The van der Waals surface area contributed by atoms with Gasteiger partial charge in [-0.3, -0.25) is 9.36 Å². The van der Waals surface area contributed by atoms with Crippen molar-refractivity contribution in [3.05, 3.63) is 52.4 Å². The zero-order valence-corrected chi connectivity index (χ0v) is 18.1. The molecule has 0 spiro atoms. The topological polar surface area (TPSA) is 75.1 Å². The first kappa shape index (κ1) is 20.0. The van der Waals surface area contributed by atoms with E-state index in [-0.39, 0.29) is 11.6 Å². The van der Waals surface area contributed by atoms with Crippen molar-refractivity contribution in [1.82, 2.24) is 19.9 Å². The highest BCUT2D eigenvalue weighted by atomic mass is 16.1. The number of hydrogen-bond donors (Lipinski definition) is 2. The average molecular weight is 419 g/mol. The van der Waals surface area contributed by atoms with Crippen molar-refractivity contribution in [1.29, 1.82) is 0 Å². The molecule has 1 aromatic carbocycles. The summed E-state index contributed by atoms with van der Waals surface area (Å²) in [6, 6.07) is 10.4. The summed E-state index contributed by atoms with van der Waals surface area (Å²) >= 11 is 0. The number of nitrogens with zero attached hydrogens (tertiary/aromatic N) is 4. The predicted octanol–water partition coefficient (Wildman–Crippen LogP) is 3.62. The van der Waals surface area contributed by atoms with E-state index in [1.54, 1.807) is 6.07 Å². The zero-order chi connectivity index (χ0) is 21.2. The van der Waals surface area contributed by atoms with Gasteiger partial charge in [0.05, 0.1) is 0 Å². The summed E-state index contributed by atoms with van der Waals surface area (Å²) < 4.78 is 1.90. The first-order valence-electron chi connectivity index (χ1n) is 11.5. The van der Waals surface area contributed by atoms with E-state index >= 15 is 0 Å². The van der Waals surface area contributed by atoms with E-state index in [1.165, 1.54) is 18.5 Å². The maximum atomic E-state index is 12.9. The van der Waals surface area contributed by atoms with E-state index in [1.807, 2.05) is 10.8 Å². The first-order valence-corrected chi connectivity index (χ1v) is 11.5. The lowest BCUT2D eigenvalue weighted by molar-refractivity contribution is 0.515. The van der Waals surface area contributed by atoms with Crippen LogP contribution >= 0.6 is 0 Å². The molecule has 3 heterocycles. The molecule has 0 amide bonds. The van der Waals surface area contributed by atoms with Gasteiger partial charge in [-0.15, -0.1) is 0 Å². The van der Waals surface area contributed by atoms with E-state index in [2.05, 4.69) is 51.7 Å². The predicted molar refractivity (Wildman–Crippen MR) is 125 cm³/mol. The number of nitrogens with one attached hydrogen (secondary N) is 2. The molecule has 1 saturated carbocycles. The van der Waals surface area contributed by atoms with Gasteiger partial charge in [0.15, 0.2) is 0 Å². The SMILES string of the molecule is CCc1cc(=O)n(C2CCCC2)c2nc(Nc3ccc(N4CCNCC4)cc3)ncc12. The number of piperazine rings is 1. The summed E-state index contributed by atoms with van der Waals surface area (Å²) in [5, 5.41) is 7.70. The second-order valence-corrected chi connectivity index (χ2v) is 8.51. The molecule has 31 heavy (non-hydrogen) atoms. The summed E-state index contributed by atoms with van der Waals surface area (Å²) in [6.45, 7) is 6.17. The molecule has 5 rings (SSSR count). The molecule has 0 unspecified atom stereocenters. The van der Waals surface area contributed by atoms with Crippen molar-refractivity contribution in [3.63, 3.8) is 0 Å². The molecule has 0 bridgehead atoms. The molecule has 7 nitrogen and oxygen atoms in total. The van der Waals surface area contributed by atoms with Crippen LogP contribution in [-0.2, 0) is 6.42 Å². The lowest BCUT2D eigenvalue weighted by atomic mass is 10.1. The molecule has 2 fully saturated rings. The van der Waals surface area contributed by atoms with Crippen LogP contribution in [-0.4, -0.2) is 40.7 Å². The van der Waals surface area contributed by atoms with Crippen LogP contribution < -0.4 is 21.1 Å². The third-order valence-corrected chi connectivity index (χ3v) is 6.55. The van der Waals surface area contributed by atoms with Gasteiger partial charge in [0.25, 0.3) is 5.56 Å². The molecular formula is C24H30N6O. The summed E-state index contributed by atoms with van der Waals surface area (Å²) in [6.07, 6.45) is 7.08. The fraction of sp³-hybridized carbons (Fsp3) is 0.458. The minimum absolute atomic E-state index is 0.0567. The minimum atomic E-state index is 0.0567. The molecular weight excluding hydrogens is 388 g/mol. The number of benzene rings is 1. The van der Waals surface area contributed by atoms with E-state index in [9.17, 15) is 4.79 Å².